The van der Waals surface area contributed by atoms with Crippen LogP contribution in [0.3, 0.4) is 0 Å². The van der Waals surface area contributed by atoms with E-state index in [1.54, 1.807) is 0 Å². The Labute approximate surface area is 105 Å². The van der Waals surface area contributed by atoms with Gasteiger partial charge in [-0.15, -0.1) is 0 Å². The second kappa shape index (κ2) is 7.34. The smallest absolute Gasteiger partial charge is 0.0594 e. The minimum absolute atomic E-state index is 0.378. The molecule has 2 aliphatic rings. The quantitative estimate of drug-likeness (QED) is 0.798. The van der Waals surface area contributed by atoms with E-state index < -0.39 is 0 Å². The van der Waals surface area contributed by atoms with E-state index in [9.17, 15) is 0 Å². The molecule has 1 aliphatic carbocycles. The van der Waals surface area contributed by atoms with Crippen molar-refractivity contribution in [2.24, 2.45) is 11.8 Å². The molecule has 0 spiro atoms. The van der Waals surface area contributed by atoms with Gasteiger partial charge in [-0.25, -0.2) is 0 Å². The van der Waals surface area contributed by atoms with Crippen LogP contribution in [0.4, 0.5) is 0 Å². The van der Waals surface area contributed by atoms with E-state index >= 15 is 0 Å². The van der Waals surface area contributed by atoms with Crippen LogP contribution in [0.25, 0.3) is 0 Å². The maximum atomic E-state index is 8.94. The Morgan fingerprint density at radius 2 is 1.53 bits per heavy atom. The van der Waals surface area contributed by atoms with Crippen LogP contribution in [-0.4, -0.2) is 49.5 Å². The lowest BCUT2D eigenvalue weighted by Crippen LogP contribution is -2.37. The fourth-order valence-electron chi connectivity index (χ4n) is 3.18. The van der Waals surface area contributed by atoms with Gasteiger partial charge < -0.3 is 9.84 Å². The third-order valence-corrected chi connectivity index (χ3v) is 4.46. The van der Waals surface area contributed by atoms with Crippen LogP contribution in [0, 0.1) is 11.8 Å². The highest BCUT2D eigenvalue weighted by Crippen LogP contribution is 2.32. The van der Waals surface area contributed by atoms with Crippen molar-refractivity contribution in [1.82, 2.24) is 4.90 Å². The molecule has 0 radical (unpaired) electrons. The Bertz CT molecular complexity index is 196. The first-order valence-corrected chi connectivity index (χ1v) is 7.29. The molecule has 1 aliphatic heterocycles. The van der Waals surface area contributed by atoms with Crippen LogP contribution in [0.15, 0.2) is 0 Å². The summed E-state index contributed by atoms with van der Waals surface area (Å²) in [7, 11) is 0. The molecule has 1 saturated carbocycles. The summed E-state index contributed by atoms with van der Waals surface area (Å²) in [5.41, 5.74) is 0. The molecule has 0 aromatic carbocycles. The lowest BCUT2D eigenvalue weighted by Gasteiger charge is -2.31. The van der Waals surface area contributed by atoms with Gasteiger partial charge in [0.05, 0.1) is 13.2 Å². The van der Waals surface area contributed by atoms with Crippen LogP contribution in [0.5, 0.6) is 0 Å². The van der Waals surface area contributed by atoms with Gasteiger partial charge in [-0.2, -0.15) is 0 Å². The molecule has 2 fully saturated rings. The summed E-state index contributed by atoms with van der Waals surface area (Å²) in [6, 6.07) is 0. The van der Waals surface area contributed by atoms with Gasteiger partial charge >= 0.3 is 0 Å². The van der Waals surface area contributed by atoms with E-state index in [1.165, 1.54) is 38.6 Å². The number of hydrogen-bond acceptors (Lipinski definition) is 3. The molecule has 1 N–H and O–H groups in total. The normalized spacial score (nSPS) is 31.6. The van der Waals surface area contributed by atoms with Crippen molar-refractivity contribution < 1.29 is 9.84 Å². The summed E-state index contributed by atoms with van der Waals surface area (Å²) < 4.78 is 5.37. The zero-order valence-electron chi connectivity index (χ0n) is 10.9. The van der Waals surface area contributed by atoms with Crippen LogP contribution in [0.1, 0.15) is 38.5 Å². The summed E-state index contributed by atoms with van der Waals surface area (Å²) in [5, 5.41) is 8.94. The molecular formula is C14H27NO2. The predicted octanol–water partition coefficient (Wildman–Crippen LogP) is 1.90. The highest BCUT2D eigenvalue weighted by molar-refractivity contribution is 4.74. The fourth-order valence-corrected chi connectivity index (χ4v) is 3.18. The van der Waals surface area contributed by atoms with E-state index in [0.717, 1.165) is 44.6 Å². The molecule has 3 heteroatoms. The maximum Gasteiger partial charge on any atom is 0.0594 e. The molecule has 0 aromatic heterocycles. The van der Waals surface area contributed by atoms with Crippen LogP contribution >= 0.6 is 0 Å². The van der Waals surface area contributed by atoms with Crippen LogP contribution in [-0.2, 0) is 4.74 Å². The van der Waals surface area contributed by atoms with Crippen molar-refractivity contribution in [2.75, 3.05) is 39.5 Å². The van der Waals surface area contributed by atoms with E-state index in [0.29, 0.717) is 6.61 Å². The van der Waals surface area contributed by atoms with Gasteiger partial charge in [-0.1, -0.05) is 25.7 Å². The minimum Gasteiger partial charge on any atom is -0.396 e. The highest BCUT2D eigenvalue weighted by atomic mass is 16.5. The Hall–Kier alpha value is -0.120. The van der Waals surface area contributed by atoms with Gasteiger partial charge in [-0.05, 0) is 31.2 Å². The summed E-state index contributed by atoms with van der Waals surface area (Å²) in [6.07, 6.45) is 7.84. The summed E-state index contributed by atoms with van der Waals surface area (Å²) in [6.45, 7) is 5.73. The summed E-state index contributed by atoms with van der Waals surface area (Å²) in [4.78, 5) is 2.54. The lowest BCUT2D eigenvalue weighted by atomic mass is 9.79. The standard InChI is InChI=1S/C14H27NO2/c16-10-6-14-3-1-13(2-4-14)5-7-15-8-11-17-12-9-15/h13-14,16H,1-12H2. The SMILES string of the molecule is OCCC1CCC(CCN2CCOCC2)CC1. The van der Waals surface area contributed by atoms with Crippen molar-refractivity contribution in [3.8, 4) is 0 Å². The Balaban J connectivity index is 1.57. The Morgan fingerprint density at radius 1 is 0.941 bits per heavy atom. The average molecular weight is 241 g/mol. The van der Waals surface area contributed by atoms with Crippen molar-refractivity contribution in [1.29, 1.82) is 0 Å². The zero-order chi connectivity index (χ0) is 11.9. The number of nitrogens with zero attached hydrogens (tertiary/aromatic N) is 1. The molecule has 3 nitrogen and oxygen atoms in total. The average Bonchev–Trinajstić information content (AvgIpc) is 2.40. The first-order valence-electron chi connectivity index (χ1n) is 7.29. The minimum atomic E-state index is 0.378. The number of morpholine rings is 1. The van der Waals surface area contributed by atoms with Gasteiger partial charge in [0.15, 0.2) is 0 Å². The largest absolute Gasteiger partial charge is 0.396 e. The summed E-state index contributed by atoms with van der Waals surface area (Å²) >= 11 is 0. The fraction of sp³-hybridized carbons (Fsp3) is 1.00. The summed E-state index contributed by atoms with van der Waals surface area (Å²) in [5.74, 6) is 1.74. The molecule has 0 bridgehead atoms. The van der Waals surface area contributed by atoms with Gasteiger partial charge in [0.25, 0.3) is 0 Å². The zero-order valence-corrected chi connectivity index (χ0v) is 10.9. The predicted molar refractivity (Wildman–Crippen MR) is 69.0 cm³/mol. The maximum absolute atomic E-state index is 8.94. The molecule has 1 heterocycles. The second-order valence-corrected chi connectivity index (χ2v) is 5.64. The van der Waals surface area contributed by atoms with Crippen molar-refractivity contribution in [3.63, 3.8) is 0 Å². The molecular weight excluding hydrogens is 214 g/mol. The van der Waals surface area contributed by atoms with Crippen molar-refractivity contribution in [2.45, 2.75) is 38.5 Å². The van der Waals surface area contributed by atoms with E-state index in [-0.39, 0.29) is 0 Å². The first kappa shape index (κ1) is 13.3. The third-order valence-electron chi connectivity index (χ3n) is 4.46. The molecule has 100 valence electrons. The van der Waals surface area contributed by atoms with E-state index in [1.807, 2.05) is 0 Å². The molecule has 1 saturated heterocycles. The van der Waals surface area contributed by atoms with Gasteiger partial charge in [0, 0.05) is 19.7 Å². The van der Waals surface area contributed by atoms with Crippen molar-refractivity contribution >= 4 is 0 Å². The molecule has 0 aromatic rings. The van der Waals surface area contributed by atoms with Crippen LogP contribution < -0.4 is 0 Å². The van der Waals surface area contributed by atoms with E-state index in [4.69, 9.17) is 9.84 Å². The molecule has 0 unspecified atom stereocenters. The number of ether oxygens (including phenoxy) is 1. The molecule has 17 heavy (non-hydrogen) atoms. The van der Waals surface area contributed by atoms with Crippen LogP contribution in [0.2, 0.25) is 0 Å². The molecule has 2 rings (SSSR count). The third kappa shape index (κ3) is 4.57. The molecule has 0 amide bonds. The topological polar surface area (TPSA) is 32.7 Å². The highest BCUT2D eigenvalue weighted by Gasteiger charge is 2.21. The van der Waals surface area contributed by atoms with Gasteiger partial charge in [0.1, 0.15) is 0 Å². The van der Waals surface area contributed by atoms with E-state index in [2.05, 4.69) is 4.90 Å². The van der Waals surface area contributed by atoms with Gasteiger partial charge in [0.2, 0.25) is 0 Å². The number of aliphatic hydroxyl groups excluding tert-OH is 1. The second-order valence-electron chi connectivity index (χ2n) is 5.64. The Kier molecular flexibility index (Phi) is 5.75. The number of aliphatic hydroxyl groups is 1. The lowest BCUT2D eigenvalue weighted by molar-refractivity contribution is 0.0340. The Morgan fingerprint density at radius 3 is 2.12 bits per heavy atom. The molecule has 0 atom stereocenters. The monoisotopic (exact) mass is 241 g/mol. The first-order chi connectivity index (χ1) is 8.38. The number of rotatable bonds is 5. The number of hydrogen-bond donors (Lipinski definition) is 1. The van der Waals surface area contributed by atoms with Crippen molar-refractivity contribution in [3.05, 3.63) is 0 Å². The van der Waals surface area contributed by atoms with Gasteiger partial charge in [-0.3, -0.25) is 4.90 Å².